The normalized spacial score (nSPS) is 8.90. The zero-order chi connectivity index (χ0) is 7.56. The first-order chi connectivity index (χ1) is 4.74. The highest BCUT2D eigenvalue weighted by Crippen LogP contribution is 2.11. The number of rotatable bonds is 0. The van der Waals surface area contributed by atoms with Gasteiger partial charge in [-0.1, -0.05) is 0 Å². The Balaban J connectivity index is 3.20. The summed E-state index contributed by atoms with van der Waals surface area (Å²) >= 11 is 1.85. The molecule has 10 heavy (non-hydrogen) atoms. The summed E-state index contributed by atoms with van der Waals surface area (Å²) in [6.07, 6.45) is 0. The molecule has 0 heterocycles. The van der Waals surface area contributed by atoms with Crippen LogP contribution in [0.2, 0.25) is 0 Å². The first-order valence-corrected chi connectivity index (χ1v) is 3.67. The van der Waals surface area contributed by atoms with Gasteiger partial charge in [0.05, 0.1) is 15.2 Å². The van der Waals surface area contributed by atoms with Crippen LogP contribution in [0.3, 0.4) is 0 Å². The molecule has 0 spiro atoms. The minimum absolute atomic E-state index is 0.278. The number of benzene rings is 1. The van der Waals surface area contributed by atoms with E-state index in [-0.39, 0.29) is 5.82 Å². The van der Waals surface area contributed by atoms with Gasteiger partial charge in [0.1, 0.15) is 5.82 Å². The smallest absolute Gasteiger partial charge is 0.136 e. The maximum atomic E-state index is 12.5. The molecule has 0 aromatic heterocycles. The van der Waals surface area contributed by atoms with Crippen LogP contribution in [-0.4, -0.2) is 0 Å². The average Bonchev–Trinajstić information content (AvgIpc) is 1.95. The summed E-state index contributed by atoms with van der Waals surface area (Å²) in [5.41, 5.74) is 0.491. The second-order valence-electron chi connectivity index (χ2n) is 1.74. The lowest BCUT2D eigenvalue weighted by atomic mass is 10.2. The summed E-state index contributed by atoms with van der Waals surface area (Å²) in [6.45, 7) is 0. The molecule has 1 aromatic carbocycles. The molecule has 0 fully saturated rings. The standard InChI is InChI=1S/C7H3FIN/c8-6-2-1-5(4-10)3-7(6)9/h1-3H/i8-1. The number of nitriles is 1. The minimum atomic E-state index is -0.278. The molecular formula is C7H3FIN. The van der Waals surface area contributed by atoms with Gasteiger partial charge in [-0.25, -0.2) is 4.39 Å². The molecule has 0 amide bonds. The zero-order valence-corrected chi connectivity index (χ0v) is 7.09. The van der Waals surface area contributed by atoms with Gasteiger partial charge in [0, 0.05) is 0 Å². The Labute approximate surface area is 71.6 Å². The van der Waals surface area contributed by atoms with Crippen molar-refractivity contribution in [2.75, 3.05) is 0 Å². The third-order valence-corrected chi connectivity index (χ3v) is 1.88. The Morgan fingerprint density at radius 2 is 2.20 bits per heavy atom. The van der Waals surface area contributed by atoms with Gasteiger partial charge in [-0.3, -0.25) is 0 Å². The Morgan fingerprint density at radius 3 is 2.70 bits per heavy atom. The van der Waals surface area contributed by atoms with Crippen molar-refractivity contribution >= 4 is 22.6 Å². The van der Waals surface area contributed by atoms with Gasteiger partial charge in [-0.2, -0.15) is 5.26 Å². The van der Waals surface area contributed by atoms with Crippen molar-refractivity contribution in [2.24, 2.45) is 0 Å². The Bertz CT molecular complexity index is 290. The van der Waals surface area contributed by atoms with E-state index in [2.05, 4.69) is 0 Å². The highest BCUT2D eigenvalue weighted by molar-refractivity contribution is 14.1. The second kappa shape index (κ2) is 2.97. The quantitative estimate of drug-likeness (QED) is 0.644. The summed E-state index contributed by atoms with van der Waals surface area (Å²) < 4.78 is 13.0. The van der Waals surface area contributed by atoms with Gasteiger partial charge in [0.15, 0.2) is 0 Å². The van der Waals surface area contributed by atoms with Crippen molar-refractivity contribution in [3.05, 3.63) is 33.1 Å². The second-order valence-corrected chi connectivity index (χ2v) is 2.90. The lowest BCUT2D eigenvalue weighted by Crippen LogP contribution is -1.81. The summed E-state index contributed by atoms with van der Waals surface area (Å²) in [7, 11) is 0. The lowest BCUT2D eigenvalue weighted by molar-refractivity contribution is 0.620. The van der Waals surface area contributed by atoms with E-state index in [1.807, 2.05) is 28.7 Å². The van der Waals surface area contributed by atoms with E-state index < -0.39 is 0 Å². The average molecular weight is 246 g/mol. The molecule has 0 radical (unpaired) electrons. The molecule has 1 nitrogen and oxygen atoms in total. The molecule has 3 heteroatoms. The van der Waals surface area contributed by atoms with Crippen LogP contribution in [0.25, 0.3) is 0 Å². The fourth-order valence-corrected chi connectivity index (χ4v) is 1.08. The van der Waals surface area contributed by atoms with Crippen LogP contribution in [0.5, 0.6) is 0 Å². The lowest BCUT2D eigenvalue weighted by Gasteiger charge is -1.91. The fraction of sp³-hybridized carbons (Fsp3) is 0. The van der Waals surface area contributed by atoms with Crippen molar-refractivity contribution in [3.63, 3.8) is 0 Å². The zero-order valence-electron chi connectivity index (χ0n) is 4.94. The summed E-state index contributed by atoms with van der Waals surface area (Å²) in [6, 6.07) is 6.18. The van der Waals surface area contributed by atoms with Crippen LogP contribution in [0, 0.1) is 20.7 Å². The molecule has 0 unspecified atom stereocenters. The van der Waals surface area contributed by atoms with Gasteiger partial charge < -0.3 is 0 Å². The first-order valence-electron chi connectivity index (χ1n) is 2.59. The number of halogens is 2. The molecule has 0 bridgehead atoms. The Hall–Kier alpha value is -0.630. The summed E-state index contributed by atoms with van der Waals surface area (Å²) in [5.74, 6) is -0.278. The molecular weight excluding hydrogens is 243 g/mol. The van der Waals surface area contributed by atoms with Crippen molar-refractivity contribution in [3.8, 4) is 6.07 Å². The Kier molecular flexibility index (Phi) is 2.22. The number of hydrogen-bond donors (Lipinski definition) is 0. The molecule has 50 valence electrons. The summed E-state index contributed by atoms with van der Waals surface area (Å²) in [4.78, 5) is 0. The van der Waals surface area contributed by atoms with Gasteiger partial charge in [0.25, 0.3) is 0 Å². The minimum Gasteiger partial charge on any atom is -0.206 e. The fourth-order valence-electron chi connectivity index (χ4n) is 0.566. The van der Waals surface area contributed by atoms with E-state index in [4.69, 9.17) is 5.26 Å². The van der Waals surface area contributed by atoms with Gasteiger partial charge in [0.2, 0.25) is 0 Å². The van der Waals surface area contributed by atoms with E-state index in [1.54, 1.807) is 0 Å². The molecule has 0 aliphatic carbocycles. The van der Waals surface area contributed by atoms with Crippen molar-refractivity contribution in [1.29, 1.82) is 5.26 Å². The molecule has 1 aromatic rings. The van der Waals surface area contributed by atoms with Crippen molar-refractivity contribution in [2.45, 2.75) is 0 Å². The first kappa shape index (κ1) is 7.48. The van der Waals surface area contributed by atoms with E-state index in [0.717, 1.165) is 0 Å². The SMILES string of the molecule is N#Cc1ccc([18F])c(I)c1. The van der Waals surface area contributed by atoms with Crippen LogP contribution < -0.4 is 0 Å². The van der Waals surface area contributed by atoms with Crippen LogP contribution in [0.1, 0.15) is 5.56 Å². The monoisotopic (exact) mass is 246 g/mol. The predicted molar refractivity (Wildman–Crippen MR) is 43.8 cm³/mol. The molecule has 0 N–H and O–H groups in total. The highest BCUT2D eigenvalue weighted by atomic mass is 127. The molecule has 0 aliphatic heterocycles. The molecule has 1 rings (SSSR count). The molecule has 0 aliphatic rings. The predicted octanol–water partition coefficient (Wildman–Crippen LogP) is 2.30. The van der Waals surface area contributed by atoms with Crippen molar-refractivity contribution < 1.29 is 4.39 Å². The third kappa shape index (κ3) is 1.45. The molecule has 0 saturated carbocycles. The number of nitrogens with zero attached hydrogens (tertiary/aromatic N) is 1. The maximum absolute atomic E-state index is 12.5. The van der Waals surface area contributed by atoms with Crippen LogP contribution in [-0.2, 0) is 0 Å². The largest absolute Gasteiger partial charge is 0.206 e. The van der Waals surface area contributed by atoms with E-state index in [1.165, 1.54) is 18.2 Å². The van der Waals surface area contributed by atoms with E-state index >= 15 is 0 Å². The van der Waals surface area contributed by atoms with Crippen LogP contribution >= 0.6 is 22.6 Å². The van der Waals surface area contributed by atoms with Gasteiger partial charge in [-0.15, -0.1) is 0 Å². The topological polar surface area (TPSA) is 23.8 Å². The number of hydrogen-bond acceptors (Lipinski definition) is 1. The van der Waals surface area contributed by atoms with Gasteiger partial charge >= 0.3 is 0 Å². The van der Waals surface area contributed by atoms with E-state index in [0.29, 0.717) is 9.13 Å². The van der Waals surface area contributed by atoms with Gasteiger partial charge in [-0.05, 0) is 40.8 Å². The highest BCUT2D eigenvalue weighted by Gasteiger charge is 1.97. The Morgan fingerprint density at radius 1 is 1.50 bits per heavy atom. The summed E-state index contributed by atoms with van der Waals surface area (Å²) in [5, 5.41) is 8.38. The molecule has 0 saturated heterocycles. The van der Waals surface area contributed by atoms with Crippen LogP contribution in [0.15, 0.2) is 18.2 Å². The van der Waals surface area contributed by atoms with Crippen molar-refractivity contribution in [1.82, 2.24) is 0 Å². The van der Waals surface area contributed by atoms with Crippen LogP contribution in [0.4, 0.5) is 4.39 Å². The third-order valence-electron chi connectivity index (χ3n) is 1.05. The maximum Gasteiger partial charge on any atom is 0.136 e. The molecule has 0 atom stereocenters. The van der Waals surface area contributed by atoms with E-state index in [9.17, 15) is 4.39 Å².